The Morgan fingerprint density at radius 2 is 1.79 bits per heavy atom. The Morgan fingerprint density at radius 3 is 2.59 bits per heavy atom. The average molecular weight is 556 g/mol. The summed E-state index contributed by atoms with van der Waals surface area (Å²) in [6.07, 6.45) is -3.96. The van der Waals surface area contributed by atoms with Gasteiger partial charge < -0.3 is 14.8 Å². The van der Waals surface area contributed by atoms with E-state index in [0.717, 1.165) is 35.0 Å². The van der Waals surface area contributed by atoms with Gasteiger partial charge >= 0.3 is 6.18 Å². The summed E-state index contributed by atoms with van der Waals surface area (Å²) in [7, 11) is 0. The van der Waals surface area contributed by atoms with Gasteiger partial charge in [0.25, 0.3) is 0 Å². The van der Waals surface area contributed by atoms with Crippen molar-refractivity contribution in [1.29, 1.82) is 0 Å². The molecule has 1 saturated heterocycles. The van der Waals surface area contributed by atoms with E-state index in [-0.39, 0.29) is 42.4 Å². The van der Waals surface area contributed by atoms with E-state index in [1.165, 1.54) is 17.0 Å². The van der Waals surface area contributed by atoms with Crippen LogP contribution in [0, 0.1) is 0 Å². The van der Waals surface area contributed by atoms with Gasteiger partial charge in [0, 0.05) is 13.0 Å². The number of nitrogens with one attached hydrogen (secondary N) is 1. The standard InChI is InChI=1S/C28H24F3N3O4S/c29-28(30,31)20-7-4-8-21(14-20)33-27-34(16-19-9-10-22-23(13-19)38-17-37-22)26(36)24(39-27)15-25(35)32-12-11-18-5-2-1-3-6-18/h1-10,13-14,24H,11-12,15-17H2,(H,32,35). The van der Waals surface area contributed by atoms with Crippen molar-refractivity contribution in [3.63, 3.8) is 0 Å². The van der Waals surface area contributed by atoms with Crippen molar-refractivity contribution in [3.8, 4) is 11.5 Å². The highest BCUT2D eigenvalue weighted by molar-refractivity contribution is 8.15. The topological polar surface area (TPSA) is 80.2 Å². The first-order chi connectivity index (χ1) is 18.8. The molecular weight excluding hydrogens is 531 g/mol. The molecule has 0 aromatic heterocycles. The van der Waals surface area contributed by atoms with Gasteiger partial charge in [-0.15, -0.1) is 0 Å². The third kappa shape index (κ3) is 6.54. The van der Waals surface area contributed by atoms with Gasteiger partial charge in [0.15, 0.2) is 16.7 Å². The number of amides is 2. The molecule has 0 spiro atoms. The van der Waals surface area contributed by atoms with Crippen LogP contribution in [0.15, 0.2) is 77.8 Å². The molecule has 0 bridgehead atoms. The average Bonchev–Trinajstić information content (AvgIpc) is 3.49. The molecule has 2 amide bonds. The number of carbonyl (C=O) groups is 2. The molecule has 2 aliphatic rings. The zero-order chi connectivity index (χ0) is 27.4. The maximum Gasteiger partial charge on any atom is 0.416 e. The number of fused-ring (bicyclic) bond motifs is 1. The Kier molecular flexibility index (Phi) is 7.78. The van der Waals surface area contributed by atoms with Crippen molar-refractivity contribution < 1.29 is 32.2 Å². The second-order valence-electron chi connectivity index (χ2n) is 8.95. The molecule has 0 radical (unpaired) electrons. The van der Waals surface area contributed by atoms with E-state index in [9.17, 15) is 22.8 Å². The summed E-state index contributed by atoms with van der Waals surface area (Å²) < 4.78 is 50.5. The highest BCUT2D eigenvalue weighted by Crippen LogP contribution is 2.37. The summed E-state index contributed by atoms with van der Waals surface area (Å²) in [6.45, 7) is 0.619. The molecule has 1 N–H and O–H groups in total. The van der Waals surface area contributed by atoms with Crippen molar-refractivity contribution in [2.45, 2.75) is 30.8 Å². The fourth-order valence-corrected chi connectivity index (χ4v) is 5.34. The van der Waals surface area contributed by atoms with Crippen LogP contribution >= 0.6 is 11.8 Å². The molecule has 3 aromatic rings. The largest absolute Gasteiger partial charge is 0.454 e. The lowest BCUT2D eigenvalue weighted by Crippen LogP contribution is -2.34. The molecule has 1 fully saturated rings. The third-order valence-corrected chi connectivity index (χ3v) is 7.32. The number of ether oxygens (including phenoxy) is 2. The summed E-state index contributed by atoms with van der Waals surface area (Å²) in [6, 6.07) is 19.5. The Labute approximate surface area is 227 Å². The Balaban J connectivity index is 1.33. The fraction of sp³-hybridized carbons (Fsp3) is 0.250. The number of halogens is 3. The monoisotopic (exact) mass is 555 g/mol. The van der Waals surface area contributed by atoms with Crippen molar-refractivity contribution in [1.82, 2.24) is 10.2 Å². The Bertz CT molecular complexity index is 1400. The number of benzene rings is 3. The predicted octanol–water partition coefficient (Wildman–Crippen LogP) is 5.31. The molecule has 5 rings (SSSR count). The van der Waals surface area contributed by atoms with Crippen LogP contribution in [0.3, 0.4) is 0 Å². The lowest BCUT2D eigenvalue weighted by molar-refractivity contribution is -0.137. The summed E-state index contributed by atoms with van der Waals surface area (Å²) in [5.41, 5.74) is 1.02. The lowest BCUT2D eigenvalue weighted by Gasteiger charge is -2.17. The van der Waals surface area contributed by atoms with Gasteiger partial charge in [-0.25, -0.2) is 4.99 Å². The SMILES string of the molecule is O=C(CC1SC(=Nc2cccc(C(F)(F)F)c2)N(Cc2ccc3c(c2)OCO3)C1=O)NCCc1ccccc1. The van der Waals surface area contributed by atoms with Crippen LogP contribution in [0.5, 0.6) is 11.5 Å². The van der Waals surface area contributed by atoms with Crippen LogP contribution in [-0.2, 0) is 28.7 Å². The van der Waals surface area contributed by atoms with Crippen LogP contribution < -0.4 is 14.8 Å². The smallest absolute Gasteiger partial charge is 0.416 e. The Morgan fingerprint density at radius 1 is 1.00 bits per heavy atom. The summed E-state index contributed by atoms with van der Waals surface area (Å²) in [4.78, 5) is 31.8. The van der Waals surface area contributed by atoms with Crippen LogP contribution in [0.1, 0.15) is 23.1 Å². The molecule has 202 valence electrons. The summed E-state index contributed by atoms with van der Waals surface area (Å²) in [5, 5.41) is 2.30. The van der Waals surface area contributed by atoms with Crippen LogP contribution in [0.2, 0.25) is 0 Å². The summed E-state index contributed by atoms with van der Waals surface area (Å²) >= 11 is 1.07. The molecule has 1 unspecified atom stereocenters. The number of thioether (sulfide) groups is 1. The van der Waals surface area contributed by atoms with E-state index in [2.05, 4.69) is 10.3 Å². The van der Waals surface area contributed by atoms with Crippen LogP contribution in [0.4, 0.5) is 18.9 Å². The molecule has 3 aromatic carbocycles. The first-order valence-electron chi connectivity index (χ1n) is 12.2. The molecule has 11 heteroatoms. The van der Waals surface area contributed by atoms with Crippen molar-refractivity contribution in [2.75, 3.05) is 13.3 Å². The van der Waals surface area contributed by atoms with Gasteiger partial charge in [-0.1, -0.05) is 54.2 Å². The van der Waals surface area contributed by atoms with Crippen molar-refractivity contribution >= 4 is 34.4 Å². The number of rotatable bonds is 8. The first kappa shape index (κ1) is 26.6. The van der Waals surface area contributed by atoms with Gasteiger partial charge in [0.05, 0.1) is 17.8 Å². The van der Waals surface area contributed by atoms with Gasteiger partial charge in [-0.05, 0) is 47.9 Å². The molecule has 2 aliphatic heterocycles. The van der Waals surface area contributed by atoms with Gasteiger partial charge in [-0.3, -0.25) is 14.5 Å². The highest BCUT2D eigenvalue weighted by Gasteiger charge is 2.39. The number of amidine groups is 1. The minimum atomic E-state index is -4.53. The van der Waals surface area contributed by atoms with Crippen molar-refractivity contribution in [2.24, 2.45) is 4.99 Å². The normalized spacial score (nSPS) is 17.6. The van der Waals surface area contributed by atoms with E-state index < -0.39 is 17.0 Å². The number of hydrogen-bond donors (Lipinski definition) is 1. The Hall–Kier alpha value is -3.99. The highest BCUT2D eigenvalue weighted by atomic mass is 32.2. The van der Waals surface area contributed by atoms with Crippen molar-refractivity contribution in [3.05, 3.63) is 89.5 Å². The van der Waals surface area contributed by atoms with E-state index in [4.69, 9.17) is 9.47 Å². The van der Waals surface area contributed by atoms with E-state index >= 15 is 0 Å². The minimum Gasteiger partial charge on any atom is -0.454 e. The van der Waals surface area contributed by atoms with Crippen LogP contribution in [0.25, 0.3) is 0 Å². The predicted molar refractivity (Wildman–Crippen MR) is 141 cm³/mol. The fourth-order valence-electron chi connectivity index (χ4n) is 4.19. The molecule has 39 heavy (non-hydrogen) atoms. The van der Waals surface area contributed by atoms with E-state index in [0.29, 0.717) is 24.5 Å². The van der Waals surface area contributed by atoms with Gasteiger partial charge in [0.2, 0.25) is 18.6 Å². The number of alkyl halides is 3. The maximum absolute atomic E-state index is 13.4. The van der Waals surface area contributed by atoms with Gasteiger partial charge in [-0.2, -0.15) is 13.2 Å². The quantitative estimate of drug-likeness (QED) is 0.407. The second kappa shape index (κ2) is 11.4. The first-order valence-corrected chi connectivity index (χ1v) is 13.1. The lowest BCUT2D eigenvalue weighted by atomic mass is 10.1. The molecule has 7 nitrogen and oxygen atoms in total. The number of aliphatic imine (C=N–C) groups is 1. The molecule has 0 aliphatic carbocycles. The van der Waals surface area contributed by atoms with E-state index in [1.54, 1.807) is 18.2 Å². The number of nitrogens with zero attached hydrogens (tertiary/aromatic N) is 2. The second-order valence-corrected chi connectivity index (χ2v) is 10.1. The minimum absolute atomic E-state index is 0.0591. The van der Waals surface area contributed by atoms with E-state index in [1.807, 2.05) is 30.3 Å². The molecule has 2 heterocycles. The maximum atomic E-state index is 13.4. The number of hydrogen-bond acceptors (Lipinski definition) is 6. The summed E-state index contributed by atoms with van der Waals surface area (Å²) in [5.74, 6) is 0.489. The molecule has 0 saturated carbocycles. The molecule has 1 atom stereocenters. The van der Waals surface area contributed by atoms with Crippen LogP contribution in [-0.4, -0.2) is 40.5 Å². The zero-order valence-corrected chi connectivity index (χ0v) is 21.4. The molecular formula is C28H24F3N3O4S. The zero-order valence-electron chi connectivity index (χ0n) is 20.6. The third-order valence-electron chi connectivity index (χ3n) is 6.15. The van der Waals surface area contributed by atoms with Gasteiger partial charge in [0.1, 0.15) is 5.25 Å². The number of carbonyl (C=O) groups excluding carboxylic acids is 2.